The molecule has 0 radical (unpaired) electrons. The van der Waals surface area contributed by atoms with Crippen molar-refractivity contribution >= 4 is 27.2 Å². The molecule has 0 amide bonds. The maximum atomic E-state index is 4.83. The van der Waals surface area contributed by atoms with Gasteiger partial charge in [-0.15, -0.1) is 0 Å². The molecule has 0 bridgehead atoms. The predicted octanol–water partition coefficient (Wildman–Crippen LogP) is 7.38. The zero-order valence-electron chi connectivity index (χ0n) is 17.6. The van der Waals surface area contributed by atoms with E-state index in [4.69, 9.17) is 5.10 Å². The second-order valence-electron chi connectivity index (χ2n) is 8.57. The topological polar surface area (TPSA) is 17.3 Å². The lowest BCUT2D eigenvalue weighted by atomic mass is 9.83. The number of benzene rings is 2. The van der Waals surface area contributed by atoms with Gasteiger partial charge in [0.15, 0.2) is 0 Å². The molecular weight excluding hydrogens is 328 g/mol. The van der Waals surface area contributed by atoms with Crippen molar-refractivity contribution in [3.8, 4) is 0 Å². The number of nitrogens with zero attached hydrogens (tertiary/aromatic N) is 2. The molecule has 0 fully saturated rings. The smallest absolute Gasteiger partial charge is 0.101 e. The average Bonchev–Trinajstić information content (AvgIpc) is 3.06. The molecule has 0 spiro atoms. The van der Waals surface area contributed by atoms with Gasteiger partial charge in [-0.25, -0.2) is 4.52 Å². The summed E-state index contributed by atoms with van der Waals surface area (Å²) in [5.74, 6) is 0.935. The Bertz CT molecular complexity index is 1050. The Labute approximate surface area is 163 Å². The first-order valence-electron chi connectivity index (χ1n) is 10.2. The molecule has 2 aromatic carbocycles. The van der Waals surface area contributed by atoms with Gasteiger partial charge in [0.05, 0.1) is 5.52 Å². The predicted molar refractivity (Wildman–Crippen MR) is 119 cm³/mol. The van der Waals surface area contributed by atoms with Crippen molar-refractivity contribution in [3.05, 3.63) is 60.3 Å². The van der Waals surface area contributed by atoms with Crippen molar-refractivity contribution in [3.63, 3.8) is 0 Å². The van der Waals surface area contributed by atoms with Crippen LogP contribution >= 0.6 is 0 Å². The summed E-state index contributed by atoms with van der Waals surface area (Å²) in [6.07, 6.45) is 4.68. The minimum absolute atomic E-state index is 0.0850. The lowest BCUT2D eigenvalue weighted by Gasteiger charge is -2.21. The molecule has 142 valence electrons. The molecule has 4 rings (SSSR count). The highest BCUT2D eigenvalue weighted by Crippen LogP contribution is 2.37. The molecule has 0 aliphatic rings. The van der Waals surface area contributed by atoms with Gasteiger partial charge in [0.2, 0.25) is 0 Å². The van der Waals surface area contributed by atoms with Crippen LogP contribution in [-0.2, 0) is 5.41 Å². The molecular formula is C25H32N2. The van der Waals surface area contributed by atoms with E-state index in [-0.39, 0.29) is 5.41 Å². The van der Waals surface area contributed by atoms with Crippen molar-refractivity contribution in [1.82, 2.24) is 9.61 Å². The summed E-state index contributed by atoms with van der Waals surface area (Å²) in [6.45, 7) is 13.5. The molecule has 2 heteroatoms. The Morgan fingerprint density at radius 2 is 1.63 bits per heavy atom. The summed E-state index contributed by atoms with van der Waals surface area (Å²) >= 11 is 0. The lowest BCUT2D eigenvalue weighted by molar-refractivity contribution is 0.544. The molecule has 0 saturated carbocycles. The first-order chi connectivity index (χ1) is 12.9. The molecule has 2 nitrogen and oxygen atoms in total. The Hall–Kier alpha value is -2.35. The molecule has 0 aliphatic carbocycles. The highest BCUT2D eigenvalue weighted by Gasteiger charge is 2.21. The Morgan fingerprint density at radius 3 is 2.26 bits per heavy atom. The maximum Gasteiger partial charge on any atom is 0.101 e. The van der Waals surface area contributed by atoms with E-state index in [9.17, 15) is 0 Å². The van der Waals surface area contributed by atoms with E-state index in [0.717, 1.165) is 11.4 Å². The van der Waals surface area contributed by atoms with Crippen LogP contribution in [0.5, 0.6) is 0 Å². The highest BCUT2D eigenvalue weighted by atomic mass is 15.2. The third kappa shape index (κ3) is 3.85. The summed E-state index contributed by atoms with van der Waals surface area (Å²) in [5, 5.41) is 8.60. The first-order valence-corrected chi connectivity index (χ1v) is 10.2. The highest BCUT2D eigenvalue weighted by molar-refractivity contribution is 6.12. The van der Waals surface area contributed by atoms with Gasteiger partial charge >= 0.3 is 0 Å². The van der Waals surface area contributed by atoms with Crippen LogP contribution in [0.1, 0.15) is 59.9 Å². The molecule has 4 aromatic rings. The van der Waals surface area contributed by atoms with Gasteiger partial charge in [0.25, 0.3) is 0 Å². The fourth-order valence-electron chi connectivity index (χ4n) is 3.40. The van der Waals surface area contributed by atoms with Crippen LogP contribution in [-0.4, -0.2) is 9.61 Å². The van der Waals surface area contributed by atoms with E-state index in [1.807, 2.05) is 16.8 Å². The molecule has 0 unspecified atom stereocenters. The van der Waals surface area contributed by atoms with Gasteiger partial charge in [-0.2, -0.15) is 5.10 Å². The number of hydrogen-bond donors (Lipinski definition) is 0. The Balaban J connectivity index is 0.000000307. The number of hydrogen-bond acceptors (Lipinski definition) is 1. The molecule has 0 saturated heterocycles. The quantitative estimate of drug-likeness (QED) is 0.364. The number of pyridine rings is 1. The largest absolute Gasteiger partial charge is 0.240 e. The minimum atomic E-state index is 0.0850. The van der Waals surface area contributed by atoms with Crippen LogP contribution in [0.3, 0.4) is 0 Å². The van der Waals surface area contributed by atoms with E-state index in [1.54, 1.807) is 0 Å². The van der Waals surface area contributed by atoms with Gasteiger partial charge in [-0.05, 0) is 40.5 Å². The number of rotatable bonds is 2. The molecule has 2 heterocycles. The average molecular weight is 361 g/mol. The number of fused-ring (bicyclic) bond motifs is 5. The summed E-state index contributed by atoms with van der Waals surface area (Å²) in [6, 6.07) is 17.1. The van der Waals surface area contributed by atoms with E-state index in [1.165, 1.54) is 40.1 Å². The molecule has 0 N–H and O–H groups in total. The molecule has 0 aliphatic heterocycles. The summed E-state index contributed by atoms with van der Waals surface area (Å²) in [4.78, 5) is 0. The van der Waals surface area contributed by atoms with Crippen LogP contribution < -0.4 is 0 Å². The fraction of sp³-hybridized carbons (Fsp3) is 0.400. The third-order valence-electron chi connectivity index (χ3n) is 5.53. The van der Waals surface area contributed by atoms with Crippen molar-refractivity contribution in [2.75, 3.05) is 0 Å². The molecule has 0 atom stereocenters. The van der Waals surface area contributed by atoms with E-state index in [2.05, 4.69) is 84.0 Å². The Kier molecular flexibility index (Phi) is 5.55. The van der Waals surface area contributed by atoms with E-state index < -0.39 is 0 Å². The van der Waals surface area contributed by atoms with Gasteiger partial charge in [-0.3, -0.25) is 0 Å². The van der Waals surface area contributed by atoms with Crippen LogP contribution in [0.25, 0.3) is 27.2 Å². The van der Waals surface area contributed by atoms with Crippen molar-refractivity contribution in [2.45, 2.75) is 59.8 Å². The second kappa shape index (κ2) is 7.72. The fourth-order valence-corrected chi connectivity index (χ4v) is 3.40. The Morgan fingerprint density at radius 1 is 0.963 bits per heavy atom. The van der Waals surface area contributed by atoms with Gasteiger partial charge in [-0.1, -0.05) is 84.7 Å². The van der Waals surface area contributed by atoms with E-state index >= 15 is 0 Å². The first kappa shape index (κ1) is 19.4. The standard InChI is InChI=1S/C19H18N2.C6H14/c1-19(2,3)15-12-13-8-4-5-9-14(13)18-17(15)16-10-6-7-11-21(16)20-18;1-4-6(3)5-2/h4-12H,1-3H3;6H,4-5H2,1-3H3. The number of aromatic nitrogens is 2. The van der Waals surface area contributed by atoms with Crippen LogP contribution in [0, 0.1) is 5.92 Å². The minimum Gasteiger partial charge on any atom is -0.240 e. The maximum absolute atomic E-state index is 4.83. The van der Waals surface area contributed by atoms with Crippen molar-refractivity contribution in [1.29, 1.82) is 0 Å². The van der Waals surface area contributed by atoms with Crippen LogP contribution in [0.2, 0.25) is 0 Å². The van der Waals surface area contributed by atoms with Crippen molar-refractivity contribution < 1.29 is 0 Å². The zero-order valence-corrected chi connectivity index (χ0v) is 17.6. The van der Waals surface area contributed by atoms with Crippen molar-refractivity contribution in [2.24, 2.45) is 5.92 Å². The second-order valence-corrected chi connectivity index (χ2v) is 8.57. The van der Waals surface area contributed by atoms with Crippen LogP contribution in [0.15, 0.2) is 54.7 Å². The van der Waals surface area contributed by atoms with Gasteiger partial charge < -0.3 is 0 Å². The SMILES string of the molecule is CC(C)(C)c1cc2ccccc2c2nn3ccccc3c12.CCC(C)CC. The lowest BCUT2D eigenvalue weighted by Crippen LogP contribution is -2.11. The normalized spacial score (nSPS) is 12.0. The van der Waals surface area contributed by atoms with Gasteiger partial charge in [0.1, 0.15) is 5.52 Å². The van der Waals surface area contributed by atoms with Gasteiger partial charge in [0, 0.05) is 17.0 Å². The summed E-state index contributed by atoms with van der Waals surface area (Å²) in [5.41, 5.74) is 3.73. The van der Waals surface area contributed by atoms with Crippen LogP contribution in [0.4, 0.5) is 0 Å². The third-order valence-corrected chi connectivity index (χ3v) is 5.53. The monoisotopic (exact) mass is 360 g/mol. The summed E-state index contributed by atoms with van der Waals surface area (Å²) < 4.78 is 1.99. The molecule has 2 aromatic heterocycles. The molecule has 27 heavy (non-hydrogen) atoms. The van der Waals surface area contributed by atoms with E-state index in [0.29, 0.717) is 0 Å². The zero-order chi connectivity index (χ0) is 19.6. The summed E-state index contributed by atoms with van der Waals surface area (Å²) in [7, 11) is 0.